The third-order valence-electron chi connectivity index (χ3n) is 10.6. The molecule has 0 bridgehead atoms. The monoisotopic (exact) mass is 864 g/mol. The molecule has 9 atom stereocenters. The standard InChI is InChI=1S/C37H60N12O12/c1-19(38)34(59)47-14-6-11-26(47)32(57)45-23(18-27(52)53)29(54)46-28(21(3)51)33(58)44-22(8-4-12-42-37(39)40)36(61)49-16-7-10-25(49)31(56)43-20(2)35(60)48-15-5-9-24(48)30(55)41-13-17-50/h17,19-26,28,51H,4-16,18,38H2,1-3H3,(H,41,55)(H,43,56)(H,44,58)(H,45,57)(H,46,54)(H,52,53)(H4,39,40,42)/t19-,20-,21+,22-,23-,24-,25-,26-,28-/m0/s1. The molecule has 0 saturated carbocycles. The van der Waals surface area contributed by atoms with Crippen LogP contribution in [0, 0.1) is 0 Å². The van der Waals surface area contributed by atoms with Gasteiger partial charge >= 0.3 is 5.97 Å². The fourth-order valence-electron chi connectivity index (χ4n) is 7.58. The van der Waals surface area contributed by atoms with Crippen molar-refractivity contribution >= 4 is 65.5 Å². The molecule has 8 amide bonds. The molecule has 61 heavy (non-hydrogen) atoms. The Hall–Kier alpha value is -5.91. The fraction of sp³-hybridized carbons (Fsp3) is 0.703. The van der Waals surface area contributed by atoms with Crippen molar-refractivity contribution in [2.45, 2.75) is 133 Å². The predicted octanol–water partition coefficient (Wildman–Crippen LogP) is -5.51. The molecular weight excluding hydrogens is 804 g/mol. The van der Waals surface area contributed by atoms with E-state index in [4.69, 9.17) is 17.2 Å². The van der Waals surface area contributed by atoms with Crippen LogP contribution < -0.4 is 43.8 Å². The maximum atomic E-state index is 14.2. The number of aldehydes is 1. The Morgan fingerprint density at radius 3 is 1.75 bits per heavy atom. The van der Waals surface area contributed by atoms with Crippen molar-refractivity contribution < 1.29 is 58.2 Å². The number of carbonyl (C=O) groups excluding carboxylic acids is 9. The highest BCUT2D eigenvalue weighted by atomic mass is 16.4. The number of carbonyl (C=O) groups is 10. The Labute approximate surface area is 352 Å². The van der Waals surface area contributed by atoms with E-state index in [-0.39, 0.29) is 64.4 Å². The van der Waals surface area contributed by atoms with Crippen LogP contribution in [0.15, 0.2) is 4.99 Å². The summed E-state index contributed by atoms with van der Waals surface area (Å²) in [6, 6.07) is -9.84. The first-order valence-corrected chi connectivity index (χ1v) is 20.3. The molecule has 24 nitrogen and oxygen atoms in total. The molecule has 24 heteroatoms. The lowest BCUT2D eigenvalue weighted by Gasteiger charge is -2.32. The summed E-state index contributed by atoms with van der Waals surface area (Å²) >= 11 is 0. The quantitative estimate of drug-likeness (QED) is 0.0223. The summed E-state index contributed by atoms with van der Waals surface area (Å²) < 4.78 is 0. The number of guanidine groups is 1. The van der Waals surface area contributed by atoms with Crippen LogP contribution in [0.25, 0.3) is 0 Å². The molecular formula is C37H60N12O12. The maximum Gasteiger partial charge on any atom is 0.305 e. The van der Waals surface area contributed by atoms with Crippen LogP contribution in [0.2, 0.25) is 0 Å². The van der Waals surface area contributed by atoms with E-state index in [9.17, 15) is 58.2 Å². The van der Waals surface area contributed by atoms with Gasteiger partial charge in [0.25, 0.3) is 0 Å². The summed E-state index contributed by atoms with van der Waals surface area (Å²) in [6.07, 6.45) is 0.198. The molecule has 0 aromatic rings. The highest BCUT2D eigenvalue weighted by Gasteiger charge is 2.42. The molecule has 3 rings (SSSR count). The zero-order chi connectivity index (χ0) is 45.6. The fourth-order valence-corrected chi connectivity index (χ4v) is 7.58. The van der Waals surface area contributed by atoms with Crippen LogP contribution in [-0.4, -0.2) is 178 Å². The number of nitrogens with one attached hydrogen (secondary N) is 5. The number of hydrogen-bond donors (Lipinski definition) is 10. The summed E-state index contributed by atoms with van der Waals surface area (Å²) in [5.41, 5.74) is 16.6. The highest BCUT2D eigenvalue weighted by Crippen LogP contribution is 2.22. The smallest absolute Gasteiger partial charge is 0.305 e. The van der Waals surface area contributed by atoms with Crippen molar-refractivity contribution in [1.29, 1.82) is 0 Å². The molecule has 13 N–H and O–H groups in total. The number of carboxylic acid groups (broad SMARTS) is 1. The van der Waals surface area contributed by atoms with Gasteiger partial charge in [-0.25, -0.2) is 0 Å². The molecule has 340 valence electrons. The van der Waals surface area contributed by atoms with Crippen molar-refractivity contribution in [1.82, 2.24) is 41.3 Å². The van der Waals surface area contributed by atoms with E-state index in [1.165, 1.54) is 28.5 Å². The minimum atomic E-state index is -1.78. The van der Waals surface area contributed by atoms with Crippen molar-refractivity contribution in [2.24, 2.45) is 22.2 Å². The summed E-state index contributed by atoms with van der Waals surface area (Å²) in [4.78, 5) is 137. The van der Waals surface area contributed by atoms with Gasteiger partial charge in [-0.3, -0.25) is 48.1 Å². The number of aliphatic imine (C=N–C) groups is 1. The molecule has 0 aromatic carbocycles. The first-order chi connectivity index (χ1) is 28.8. The number of aliphatic carboxylic acids is 1. The number of amides is 8. The van der Waals surface area contributed by atoms with E-state index in [1.54, 1.807) is 0 Å². The lowest BCUT2D eigenvalue weighted by Crippen LogP contribution is -2.61. The summed E-state index contributed by atoms with van der Waals surface area (Å²) in [5.74, 6) is -7.67. The van der Waals surface area contributed by atoms with Gasteiger partial charge in [-0.15, -0.1) is 0 Å². The molecule has 0 unspecified atom stereocenters. The SMILES string of the molecule is C[C@H](N)C(=O)N1CCC[C@H]1C(=O)N[C@@H](CC(=O)O)C(=O)N[C@H](C(=O)N[C@@H](CCCN=C(N)N)C(=O)N1CCC[C@H]1C(=O)N[C@@H](C)C(=O)N1CCC[C@H]1C(=O)NCC=O)[C@@H](C)O. The summed E-state index contributed by atoms with van der Waals surface area (Å²) in [5, 5.41) is 32.4. The summed E-state index contributed by atoms with van der Waals surface area (Å²) in [7, 11) is 0. The third kappa shape index (κ3) is 13.8. The predicted molar refractivity (Wildman–Crippen MR) is 214 cm³/mol. The number of likely N-dealkylation sites (tertiary alicyclic amines) is 3. The molecule has 3 saturated heterocycles. The minimum absolute atomic E-state index is 0.0392. The van der Waals surface area contributed by atoms with Gasteiger partial charge in [0.1, 0.15) is 48.6 Å². The van der Waals surface area contributed by atoms with Gasteiger partial charge < -0.3 is 73.5 Å². The van der Waals surface area contributed by atoms with Crippen LogP contribution in [0.5, 0.6) is 0 Å². The molecule has 3 aliphatic heterocycles. The molecule has 0 spiro atoms. The topological polar surface area (TPSA) is 371 Å². The van der Waals surface area contributed by atoms with Crippen LogP contribution in [0.4, 0.5) is 0 Å². The first-order valence-electron chi connectivity index (χ1n) is 20.3. The number of nitrogens with zero attached hydrogens (tertiary/aromatic N) is 4. The van der Waals surface area contributed by atoms with E-state index in [0.29, 0.717) is 32.0 Å². The van der Waals surface area contributed by atoms with Gasteiger partial charge in [0.15, 0.2) is 5.96 Å². The minimum Gasteiger partial charge on any atom is -0.481 e. The van der Waals surface area contributed by atoms with Gasteiger partial charge in [-0.2, -0.15) is 0 Å². The lowest BCUT2D eigenvalue weighted by atomic mass is 10.1. The second kappa shape index (κ2) is 23.2. The maximum absolute atomic E-state index is 14.2. The van der Waals surface area contributed by atoms with Gasteiger partial charge in [-0.05, 0) is 72.1 Å². The van der Waals surface area contributed by atoms with Crippen LogP contribution in [0.1, 0.15) is 78.6 Å². The Kier molecular flexibility index (Phi) is 18.8. The number of aliphatic hydroxyl groups is 1. The van der Waals surface area contributed by atoms with E-state index >= 15 is 0 Å². The van der Waals surface area contributed by atoms with Gasteiger partial charge in [0.05, 0.1) is 25.1 Å². The largest absolute Gasteiger partial charge is 0.481 e. The van der Waals surface area contributed by atoms with Crippen molar-refractivity contribution in [3.8, 4) is 0 Å². The Morgan fingerprint density at radius 2 is 1.25 bits per heavy atom. The molecule has 0 aliphatic carbocycles. The van der Waals surface area contributed by atoms with Crippen molar-refractivity contribution in [3.63, 3.8) is 0 Å². The number of hydrogen-bond acceptors (Lipinski definition) is 13. The number of nitrogens with two attached hydrogens (primary N) is 3. The average molecular weight is 865 g/mol. The van der Waals surface area contributed by atoms with E-state index in [1.807, 2.05) is 0 Å². The number of rotatable bonds is 21. The van der Waals surface area contributed by atoms with E-state index < -0.39 is 114 Å². The first kappa shape index (κ1) is 49.5. The average Bonchev–Trinajstić information content (AvgIpc) is 4.00. The zero-order valence-electron chi connectivity index (χ0n) is 34.7. The molecule has 3 fully saturated rings. The highest BCUT2D eigenvalue weighted by molar-refractivity contribution is 5.99. The lowest BCUT2D eigenvalue weighted by molar-refractivity contribution is -0.145. The van der Waals surface area contributed by atoms with E-state index in [0.717, 1.165) is 6.92 Å². The van der Waals surface area contributed by atoms with Crippen LogP contribution in [0.3, 0.4) is 0 Å². The van der Waals surface area contributed by atoms with Gasteiger partial charge in [-0.1, -0.05) is 0 Å². The van der Waals surface area contributed by atoms with Gasteiger partial charge in [0.2, 0.25) is 47.3 Å². The summed E-state index contributed by atoms with van der Waals surface area (Å²) in [6.45, 7) is 4.43. The van der Waals surface area contributed by atoms with Crippen molar-refractivity contribution in [2.75, 3.05) is 32.7 Å². The Bertz CT molecular complexity index is 1690. The molecule has 0 radical (unpaired) electrons. The van der Waals surface area contributed by atoms with E-state index in [2.05, 4.69) is 31.6 Å². The Morgan fingerprint density at radius 1 is 0.721 bits per heavy atom. The second-order valence-corrected chi connectivity index (χ2v) is 15.4. The van der Waals surface area contributed by atoms with Crippen LogP contribution >= 0.6 is 0 Å². The zero-order valence-corrected chi connectivity index (χ0v) is 34.7. The second-order valence-electron chi connectivity index (χ2n) is 15.4. The Balaban J connectivity index is 1.77. The number of carboxylic acids is 1. The molecule has 0 aromatic heterocycles. The third-order valence-corrected chi connectivity index (χ3v) is 10.6. The number of aliphatic hydroxyl groups excluding tert-OH is 1. The molecule has 3 aliphatic rings. The van der Waals surface area contributed by atoms with Gasteiger partial charge in [0, 0.05) is 26.2 Å². The van der Waals surface area contributed by atoms with Crippen molar-refractivity contribution in [3.05, 3.63) is 0 Å². The molecule has 3 heterocycles. The van der Waals surface area contributed by atoms with Crippen LogP contribution in [-0.2, 0) is 47.9 Å². The normalized spacial score (nSPS) is 21.5.